The highest BCUT2D eigenvalue weighted by atomic mass is 35.5. The molecule has 0 unspecified atom stereocenters. The molecule has 0 bridgehead atoms. The molecule has 1 fully saturated rings. The first-order valence-corrected chi connectivity index (χ1v) is 7.81. The topological polar surface area (TPSA) is 62.7 Å². The molecule has 5 nitrogen and oxygen atoms in total. The molecular weight excluding hydrogens is 270 g/mol. The van der Waals surface area contributed by atoms with Gasteiger partial charge < -0.3 is 10.6 Å². The standard InChI is InChI=1S/C11H18ClN5S/c1-2-5-13-10-15-9(12)16-11(17-10)14-8-3-6-18-7-4-8/h8H,2-7H2,1H3,(H2,13,14,15,16,17). The van der Waals surface area contributed by atoms with E-state index in [0.29, 0.717) is 17.9 Å². The number of hydrogen-bond acceptors (Lipinski definition) is 6. The van der Waals surface area contributed by atoms with Crippen LogP contribution in [-0.2, 0) is 0 Å². The zero-order valence-electron chi connectivity index (χ0n) is 10.4. The Kier molecular flexibility index (Phi) is 5.31. The molecule has 2 heterocycles. The van der Waals surface area contributed by atoms with Gasteiger partial charge in [0.2, 0.25) is 17.2 Å². The van der Waals surface area contributed by atoms with E-state index >= 15 is 0 Å². The SMILES string of the molecule is CCCNc1nc(Cl)nc(NC2CCSCC2)n1. The Morgan fingerprint density at radius 2 is 1.94 bits per heavy atom. The fourth-order valence-corrected chi connectivity index (χ4v) is 3.02. The molecular formula is C11H18ClN5S. The second-order valence-corrected chi connectivity index (χ2v) is 5.77. The first kappa shape index (κ1) is 13.7. The smallest absolute Gasteiger partial charge is 0.229 e. The van der Waals surface area contributed by atoms with Crippen LogP contribution in [0, 0.1) is 0 Å². The van der Waals surface area contributed by atoms with Crippen molar-refractivity contribution in [3.8, 4) is 0 Å². The van der Waals surface area contributed by atoms with E-state index in [1.54, 1.807) is 0 Å². The molecule has 1 aromatic rings. The summed E-state index contributed by atoms with van der Waals surface area (Å²) in [4.78, 5) is 12.5. The van der Waals surface area contributed by atoms with Gasteiger partial charge in [0, 0.05) is 12.6 Å². The summed E-state index contributed by atoms with van der Waals surface area (Å²) in [6, 6.07) is 0.448. The maximum absolute atomic E-state index is 5.90. The molecule has 0 radical (unpaired) electrons. The van der Waals surface area contributed by atoms with Crippen molar-refractivity contribution >= 4 is 35.3 Å². The van der Waals surface area contributed by atoms with Crippen LogP contribution in [0.25, 0.3) is 0 Å². The maximum Gasteiger partial charge on any atom is 0.229 e. The van der Waals surface area contributed by atoms with Crippen LogP contribution >= 0.6 is 23.4 Å². The van der Waals surface area contributed by atoms with E-state index in [1.807, 2.05) is 11.8 Å². The van der Waals surface area contributed by atoms with Crippen molar-refractivity contribution in [1.82, 2.24) is 15.0 Å². The van der Waals surface area contributed by atoms with Crippen LogP contribution < -0.4 is 10.6 Å². The molecule has 0 aromatic carbocycles. The zero-order chi connectivity index (χ0) is 12.8. The quantitative estimate of drug-likeness (QED) is 0.868. The lowest BCUT2D eigenvalue weighted by Crippen LogP contribution is -2.26. The number of nitrogens with one attached hydrogen (secondary N) is 2. The fourth-order valence-electron chi connectivity index (χ4n) is 1.75. The third-order valence-corrected chi connectivity index (χ3v) is 3.91. The molecule has 1 saturated heterocycles. The molecule has 0 saturated carbocycles. The van der Waals surface area contributed by atoms with Crippen molar-refractivity contribution in [2.24, 2.45) is 0 Å². The Balaban J connectivity index is 1.99. The van der Waals surface area contributed by atoms with E-state index in [9.17, 15) is 0 Å². The number of hydrogen-bond donors (Lipinski definition) is 2. The Labute approximate surface area is 117 Å². The van der Waals surface area contributed by atoms with Crippen LogP contribution in [-0.4, -0.2) is 39.0 Å². The average Bonchev–Trinajstić information content (AvgIpc) is 2.37. The lowest BCUT2D eigenvalue weighted by molar-refractivity contribution is 0.659. The number of aromatic nitrogens is 3. The third-order valence-electron chi connectivity index (χ3n) is 2.70. The van der Waals surface area contributed by atoms with Gasteiger partial charge in [-0.1, -0.05) is 6.92 Å². The minimum absolute atomic E-state index is 0.233. The maximum atomic E-state index is 5.90. The number of halogens is 1. The molecule has 100 valence electrons. The highest BCUT2D eigenvalue weighted by molar-refractivity contribution is 7.99. The zero-order valence-corrected chi connectivity index (χ0v) is 12.0. The van der Waals surface area contributed by atoms with Crippen LogP contribution in [0.2, 0.25) is 5.28 Å². The largest absolute Gasteiger partial charge is 0.354 e. The minimum Gasteiger partial charge on any atom is -0.354 e. The average molecular weight is 288 g/mol. The molecule has 7 heteroatoms. The highest BCUT2D eigenvalue weighted by Crippen LogP contribution is 2.20. The van der Waals surface area contributed by atoms with Crippen molar-refractivity contribution in [1.29, 1.82) is 0 Å². The summed E-state index contributed by atoms with van der Waals surface area (Å²) in [6.45, 7) is 2.93. The fraction of sp³-hybridized carbons (Fsp3) is 0.727. The summed E-state index contributed by atoms with van der Waals surface area (Å²) < 4.78 is 0. The van der Waals surface area contributed by atoms with E-state index in [1.165, 1.54) is 11.5 Å². The summed E-state index contributed by atoms with van der Waals surface area (Å²) in [5, 5.41) is 6.69. The number of rotatable bonds is 5. The molecule has 0 atom stereocenters. The van der Waals surface area contributed by atoms with Crippen molar-refractivity contribution in [3.05, 3.63) is 5.28 Å². The van der Waals surface area contributed by atoms with E-state index in [4.69, 9.17) is 11.6 Å². The van der Waals surface area contributed by atoms with Gasteiger partial charge in [0.1, 0.15) is 0 Å². The van der Waals surface area contributed by atoms with Gasteiger partial charge in [0.05, 0.1) is 0 Å². The predicted octanol–water partition coefficient (Wildman–Crippen LogP) is 2.65. The third kappa shape index (κ3) is 4.17. The summed E-state index contributed by atoms with van der Waals surface area (Å²) in [6.07, 6.45) is 3.31. The Hall–Kier alpha value is -0.750. The minimum atomic E-state index is 0.233. The second-order valence-electron chi connectivity index (χ2n) is 4.21. The monoisotopic (exact) mass is 287 g/mol. The molecule has 0 spiro atoms. The van der Waals surface area contributed by atoms with Crippen molar-refractivity contribution in [2.45, 2.75) is 32.2 Å². The van der Waals surface area contributed by atoms with E-state index < -0.39 is 0 Å². The molecule has 0 amide bonds. The van der Waals surface area contributed by atoms with Gasteiger partial charge in [0.15, 0.2) is 0 Å². The Morgan fingerprint density at radius 3 is 2.67 bits per heavy atom. The highest BCUT2D eigenvalue weighted by Gasteiger charge is 2.15. The van der Waals surface area contributed by atoms with Gasteiger partial charge >= 0.3 is 0 Å². The van der Waals surface area contributed by atoms with Gasteiger partial charge in [-0.25, -0.2) is 0 Å². The molecule has 1 aromatic heterocycles. The number of anilines is 2. The molecule has 1 aliphatic heterocycles. The van der Waals surface area contributed by atoms with E-state index in [-0.39, 0.29) is 5.28 Å². The Bertz CT molecular complexity index is 384. The van der Waals surface area contributed by atoms with Crippen molar-refractivity contribution in [3.63, 3.8) is 0 Å². The van der Waals surface area contributed by atoms with Crippen LogP contribution in [0.1, 0.15) is 26.2 Å². The van der Waals surface area contributed by atoms with E-state index in [0.717, 1.165) is 25.8 Å². The molecule has 1 aliphatic rings. The van der Waals surface area contributed by atoms with Gasteiger partial charge in [-0.2, -0.15) is 26.7 Å². The van der Waals surface area contributed by atoms with E-state index in [2.05, 4.69) is 32.5 Å². The van der Waals surface area contributed by atoms with Crippen LogP contribution in [0.3, 0.4) is 0 Å². The van der Waals surface area contributed by atoms with Crippen LogP contribution in [0.15, 0.2) is 0 Å². The number of thioether (sulfide) groups is 1. The summed E-state index contributed by atoms with van der Waals surface area (Å²) in [7, 11) is 0. The first-order valence-electron chi connectivity index (χ1n) is 6.27. The molecule has 2 rings (SSSR count). The van der Waals surface area contributed by atoms with Gasteiger partial charge in [-0.3, -0.25) is 0 Å². The normalized spacial score (nSPS) is 16.6. The number of nitrogens with zero attached hydrogens (tertiary/aromatic N) is 3. The summed E-state index contributed by atoms with van der Waals surface area (Å²) in [5.74, 6) is 3.50. The molecule has 0 aliphatic carbocycles. The van der Waals surface area contributed by atoms with Crippen LogP contribution in [0.4, 0.5) is 11.9 Å². The predicted molar refractivity (Wildman–Crippen MR) is 77.6 cm³/mol. The lowest BCUT2D eigenvalue weighted by Gasteiger charge is -2.22. The molecule has 18 heavy (non-hydrogen) atoms. The first-order chi connectivity index (χ1) is 8.78. The van der Waals surface area contributed by atoms with Gasteiger partial charge in [-0.15, -0.1) is 0 Å². The second kappa shape index (κ2) is 6.99. The van der Waals surface area contributed by atoms with Gasteiger partial charge in [0.25, 0.3) is 0 Å². The van der Waals surface area contributed by atoms with Crippen molar-refractivity contribution in [2.75, 3.05) is 28.7 Å². The van der Waals surface area contributed by atoms with Crippen molar-refractivity contribution < 1.29 is 0 Å². The summed E-state index contributed by atoms with van der Waals surface area (Å²) in [5.41, 5.74) is 0. The lowest BCUT2D eigenvalue weighted by atomic mass is 10.2. The van der Waals surface area contributed by atoms with Gasteiger partial charge in [-0.05, 0) is 42.4 Å². The van der Waals surface area contributed by atoms with Crippen LogP contribution in [0.5, 0.6) is 0 Å². The molecule has 2 N–H and O–H groups in total. The Morgan fingerprint density at radius 1 is 1.22 bits per heavy atom. The summed E-state index contributed by atoms with van der Waals surface area (Å²) >= 11 is 7.90.